The maximum Gasteiger partial charge on any atom is 0.223 e. The normalized spacial score (nSPS) is 10.1. The summed E-state index contributed by atoms with van der Waals surface area (Å²) in [5, 5.41) is 0.337. The third-order valence-electron chi connectivity index (χ3n) is 2.63. The number of hydrogen-bond acceptors (Lipinski definition) is 4. The molecule has 1 aromatic heterocycles. The fraction of sp³-hybridized carbons (Fsp3) is 0. The van der Waals surface area contributed by atoms with Gasteiger partial charge in [-0.15, -0.1) is 0 Å². The molecule has 2 aromatic carbocycles. The first-order valence-electron chi connectivity index (χ1n) is 6.28. The summed E-state index contributed by atoms with van der Waals surface area (Å²) < 4.78 is 11.3. The van der Waals surface area contributed by atoms with Crippen molar-refractivity contribution in [1.82, 2.24) is 9.97 Å². The Balaban J connectivity index is 1.69. The lowest BCUT2D eigenvalue weighted by molar-refractivity contribution is 0.455. The number of ether oxygens (including phenoxy) is 2. The minimum Gasteiger partial charge on any atom is -0.457 e. The second-order valence-electron chi connectivity index (χ2n) is 4.17. The van der Waals surface area contributed by atoms with E-state index in [9.17, 15) is 0 Å². The van der Waals surface area contributed by atoms with E-state index < -0.39 is 0 Å². The Hall–Kier alpha value is -2.59. The van der Waals surface area contributed by atoms with E-state index in [4.69, 9.17) is 21.1 Å². The molecule has 0 aliphatic carbocycles. The molecule has 0 radical (unpaired) electrons. The molecule has 0 atom stereocenters. The fourth-order valence-electron chi connectivity index (χ4n) is 1.69. The first-order chi connectivity index (χ1) is 10.3. The Morgan fingerprint density at radius 1 is 0.714 bits per heavy atom. The molecule has 4 nitrogen and oxygen atoms in total. The third-order valence-corrected chi connectivity index (χ3v) is 2.84. The van der Waals surface area contributed by atoms with Crippen molar-refractivity contribution in [2.24, 2.45) is 0 Å². The number of rotatable bonds is 4. The van der Waals surface area contributed by atoms with Crippen LogP contribution < -0.4 is 9.47 Å². The highest BCUT2D eigenvalue weighted by molar-refractivity contribution is 6.29. The van der Waals surface area contributed by atoms with Crippen LogP contribution in [0.3, 0.4) is 0 Å². The number of benzene rings is 2. The second kappa shape index (κ2) is 6.24. The van der Waals surface area contributed by atoms with E-state index in [-0.39, 0.29) is 0 Å². The smallest absolute Gasteiger partial charge is 0.223 e. The summed E-state index contributed by atoms with van der Waals surface area (Å²) in [7, 11) is 0. The number of hydrogen-bond donors (Lipinski definition) is 0. The molecule has 1 heterocycles. The standard InChI is InChI=1S/C16H11ClN2O2/c17-15-10-16(19-11-18-15)21-14-8-6-13(7-9-14)20-12-4-2-1-3-5-12/h1-11H. The third kappa shape index (κ3) is 3.70. The molecular formula is C16H11ClN2O2. The summed E-state index contributed by atoms with van der Waals surface area (Å²) in [6, 6.07) is 18.4. The van der Waals surface area contributed by atoms with Gasteiger partial charge in [0.05, 0.1) is 0 Å². The van der Waals surface area contributed by atoms with Crippen molar-refractivity contribution in [1.29, 1.82) is 0 Å². The van der Waals surface area contributed by atoms with Gasteiger partial charge in [-0.25, -0.2) is 9.97 Å². The summed E-state index contributed by atoms with van der Waals surface area (Å²) >= 11 is 5.78. The van der Waals surface area contributed by atoms with E-state index >= 15 is 0 Å². The minimum atomic E-state index is 0.337. The van der Waals surface area contributed by atoms with Crippen molar-refractivity contribution in [3.8, 4) is 23.1 Å². The summed E-state index contributed by atoms with van der Waals surface area (Å²) in [5.41, 5.74) is 0. The fourth-order valence-corrected chi connectivity index (χ4v) is 1.83. The maximum atomic E-state index is 5.78. The lowest BCUT2D eigenvalue weighted by Gasteiger charge is -2.07. The average molecular weight is 299 g/mol. The molecule has 104 valence electrons. The zero-order valence-corrected chi connectivity index (χ0v) is 11.7. The van der Waals surface area contributed by atoms with Gasteiger partial charge >= 0.3 is 0 Å². The summed E-state index contributed by atoms with van der Waals surface area (Å²) in [6.45, 7) is 0. The van der Waals surface area contributed by atoms with Gasteiger partial charge in [0.2, 0.25) is 5.88 Å². The van der Waals surface area contributed by atoms with Crippen LogP contribution in [0.25, 0.3) is 0 Å². The molecule has 0 fully saturated rings. The van der Waals surface area contributed by atoms with E-state index in [0.29, 0.717) is 16.8 Å². The molecule has 0 saturated heterocycles. The zero-order chi connectivity index (χ0) is 14.5. The van der Waals surface area contributed by atoms with Crippen molar-refractivity contribution >= 4 is 11.6 Å². The van der Waals surface area contributed by atoms with Crippen molar-refractivity contribution < 1.29 is 9.47 Å². The highest BCUT2D eigenvalue weighted by Gasteiger charge is 2.02. The topological polar surface area (TPSA) is 44.2 Å². The van der Waals surface area contributed by atoms with Gasteiger partial charge in [-0.3, -0.25) is 0 Å². The van der Waals surface area contributed by atoms with Crippen molar-refractivity contribution in [3.63, 3.8) is 0 Å². The lowest BCUT2D eigenvalue weighted by atomic mass is 10.3. The minimum absolute atomic E-state index is 0.337. The molecule has 0 amide bonds. The van der Waals surface area contributed by atoms with E-state index in [1.54, 1.807) is 18.2 Å². The molecule has 0 spiro atoms. The Bertz CT molecular complexity index is 718. The Labute approximate surface area is 127 Å². The zero-order valence-electron chi connectivity index (χ0n) is 10.9. The molecule has 3 aromatic rings. The highest BCUT2D eigenvalue weighted by atomic mass is 35.5. The van der Waals surface area contributed by atoms with Crippen molar-refractivity contribution in [3.05, 3.63) is 72.1 Å². The predicted octanol–water partition coefficient (Wildman–Crippen LogP) is 4.71. The average Bonchev–Trinajstić information content (AvgIpc) is 2.50. The van der Waals surface area contributed by atoms with Crippen LogP contribution in [-0.4, -0.2) is 9.97 Å². The van der Waals surface area contributed by atoms with Crippen LogP contribution in [0.15, 0.2) is 67.0 Å². The second-order valence-corrected chi connectivity index (χ2v) is 4.55. The largest absolute Gasteiger partial charge is 0.457 e. The first kappa shape index (κ1) is 13.4. The van der Waals surface area contributed by atoms with Crippen LogP contribution in [0, 0.1) is 0 Å². The Morgan fingerprint density at radius 3 is 2.00 bits per heavy atom. The molecule has 0 bridgehead atoms. The van der Waals surface area contributed by atoms with Gasteiger partial charge in [-0.2, -0.15) is 0 Å². The lowest BCUT2D eigenvalue weighted by Crippen LogP contribution is -1.89. The van der Waals surface area contributed by atoms with Gasteiger partial charge in [-0.1, -0.05) is 29.8 Å². The molecule has 3 rings (SSSR count). The van der Waals surface area contributed by atoms with Crippen LogP contribution in [0.5, 0.6) is 23.1 Å². The number of halogens is 1. The summed E-state index contributed by atoms with van der Waals surface area (Å²) in [5.74, 6) is 2.56. The van der Waals surface area contributed by atoms with Crippen LogP contribution in [0.1, 0.15) is 0 Å². The quantitative estimate of drug-likeness (QED) is 0.654. The van der Waals surface area contributed by atoms with Gasteiger partial charge in [0.25, 0.3) is 0 Å². The van der Waals surface area contributed by atoms with Gasteiger partial charge < -0.3 is 9.47 Å². The molecule has 0 unspecified atom stereocenters. The van der Waals surface area contributed by atoms with E-state index in [2.05, 4.69) is 9.97 Å². The molecule has 21 heavy (non-hydrogen) atoms. The van der Waals surface area contributed by atoms with Crippen LogP contribution in [0.2, 0.25) is 5.15 Å². The highest BCUT2D eigenvalue weighted by Crippen LogP contribution is 2.26. The number of para-hydroxylation sites is 1. The van der Waals surface area contributed by atoms with Gasteiger partial charge in [-0.05, 0) is 36.4 Å². The van der Waals surface area contributed by atoms with E-state index in [1.807, 2.05) is 42.5 Å². The van der Waals surface area contributed by atoms with Crippen LogP contribution >= 0.6 is 11.6 Å². The SMILES string of the molecule is Clc1cc(Oc2ccc(Oc3ccccc3)cc2)ncn1. The maximum absolute atomic E-state index is 5.78. The summed E-state index contributed by atoms with van der Waals surface area (Å²) in [4.78, 5) is 7.77. The predicted molar refractivity (Wildman–Crippen MR) is 80.1 cm³/mol. The van der Waals surface area contributed by atoms with Crippen molar-refractivity contribution in [2.75, 3.05) is 0 Å². The van der Waals surface area contributed by atoms with Crippen LogP contribution in [-0.2, 0) is 0 Å². The molecule has 0 aliphatic rings. The number of nitrogens with zero attached hydrogens (tertiary/aromatic N) is 2. The molecule has 5 heteroatoms. The van der Waals surface area contributed by atoms with Gasteiger partial charge in [0.1, 0.15) is 28.7 Å². The Kier molecular flexibility index (Phi) is 3.98. The monoisotopic (exact) mass is 298 g/mol. The van der Waals surface area contributed by atoms with E-state index in [1.165, 1.54) is 6.33 Å². The molecular weight excluding hydrogens is 288 g/mol. The molecule has 0 aliphatic heterocycles. The van der Waals surface area contributed by atoms with E-state index in [0.717, 1.165) is 11.5 Å². The number of aromatic nitrogens is 2. The Morgan fingerprint density at radius 2 is 1.33 bits per heavy atom. The van der Waals surface area contributed by atoms with Gasteiger partial charge in [0, 0.05) is 6.07 Å². The van der Waals surface area contributed by atoms with Crippen molar-refractivity contribution in [2.45, 2.75) is 0 Å². The summed E-state index contributed by atoms with van der Waals surface area (Å²) in [6.07, 6.45) is 1.35. The van der Waals surface area contributed by atoms with Gasteiger partial charge in [0.15, 0.2) is 0 Å². The van der Waals surface area contributed by atoms with Crippen LogP contribution in [0.4, 0.5) is 0 Å². The first-order valence-corrected chi connectivity index (χ1v) is 6.66. The molecule has 0 saturated carbocycles. The molecule has 0 N–H and O–H groups in total.